The molecule has 0 fully saturated rings. The van der Waals surface area contributed by atoms with Crippen LogP contribution in [-0.4, -0.2) is 52.7 Å². The van der Waals surface area contributed by atoms with Crippen LogP contribution in [0.3, 0.4) is 0 Å². The molecule has 23 heavy (non-hydrogen) atoms. The van der Waals surface area contributed by atoms with Gasteiger partial charge in [-0.25, -0.2) is 8.42 Å². The van der Waals surface area contributed by atoms with E-state index in [4.69, 9.17) is 9.15 Å². The van der Waals surface area contributed by atoms with Crippen molar-refractivity contribution >= 4 is 15.8 Å². The lowest BCUT2D eigenvalue weighted by Crippen LogP contribution is -2.38. The van der Waals surface area contributed by atoms with Crippen LogP contribution in [0.2, 0.25) is 0 Å². The summed E-state index contributed by atoms with van der Waals surface area (Å²) < 4.78 is 32.8. The molecule has 1 unspecified atom stereocenters. The van der Waals surface area contributed by atoms with Gasteiger partial charge in [-0.15, -0.1) is 0 Å². The van der Waals surface area contributed by atoms with Crippen molar-refractivity contribution in [2.75, 3.05) is 38.3 Å². The molecule has 0 spiro atoms. The van der Waals surface area contributed by atoms with Crippen LogP contribution in [0.5, 0.6) is 0 Å². The maximum atomic E-state index is 11.0. The molecule has 1 heterocycles. The van der Waals surface area contributed by atoms with Gasteiger partial charge in [0.15, 0.2) is 5.96 Å². The molecule has 0 aliphatic rings. The lowest BCUT2D eigenvalue weighted by Gasteiger charge is -2.16. The molecule has 0 bridgehead atoms. The molecule has 0 aromatic carbocycles. The predicted octanol–water partition coefficient (Wildman–Crippen LogP) is 1.27. The molecular formula is C15H27N3O4S. The Morgan fingerprint density at radius 1 is 1.39 bits per heavy atom. The van der Waals surface area contributed by atoms with E-state index >= 15 is 0 Å². The fraction of sp³-hybridized carbons (Fsp3) is 0.667. The zero-order valence-corrected chi connectivity index (χ0v) is 15.1. The van der Waals surface area contributed by atoms with Crippen LogP contribution in [0.15, 0.2) is 21.5 Å². The fourth-order valence-corrected chi connectivity index (χ4v) is 2.24. The predicted molar refractivity (Wildman–Crippen MR) is 91.5 cm³/mol. The number of nitrogens with one attached hydrogen (secondary N) is 2. The third kappa shape index (κ3) is 8.61. The van der Waals surface area contributed by atoms with Crippen LogP contribution in [0.1, 0.15) is 31.4 Å². The number of sulfone groups is 1. The minimum atomic E-state index is -2.98. The number of ether oxygens (including phenoxy) is 1. The highest BCUT2D eigenvalue weighted by molar-refractivity contribution is 7.90. The largest absolute Gasteiger partial charge is 0.464 e. The van der Waals surface area contributed by atoms with Crippen LogP contribution in [-0.2, 0) is 14.6 Å². The van der Waals surface area contributed by atoms with Crippen molar-refractivity contribution in [1.29, 1.82) is 0 Å². The Bertz CT molecular complexity index is 596. The molecule has 0 saturated heterocycles. The summed E-state index contributed by atoms with van der Waals surface area (Å²) in [7, 11) is -2.98. The maximum Gasteiger partial charge on any atom is 0.191 e. The summed E-state index contributed by atoms with van der Waals surface area (Å²) in [6, 6.07) is 3.85. The van der Waals surface area contributed by atoms with Gasteiger partial charge in [0.1, 0.15) is 21.4 Å². The summed E-state index contributed by atoms with van der Waals surface area (Å²) in [5.74, 6) is 2.41. The van der Waals surface area contributed by atoms with E-state index in [9.17, 15) is 8.42 Å². The lowest BCUT2D eigenvalue weighted by molar-refractivity contribution is 0.157. The molecule has 1 aromatic heterocycles. The summed E-state index contributed by atoms with van der Waals surface area (Å²) in [4.78, 5) is 4.40. The minimum absolute atomic E-state index is 0.00680. The number of aliphatic imine (C=N–C) groups is 1. The first-order valence-corrected chi connectivity index (χ1v) is 9.74. The molecule has 7 nitrogen and oxygen atoms in total. The van der Waals surface area contributed by atoms with Crippen LogP contribution in [0.25, 0.3) is 0 Å². The number of guanidine groups is 1. The Hall–Kier alpha value is -1.54. The van der Waals surface area contributed by atoms with Crippen molar-refractivity contribution in [3.05, 3.63) is 23.7 Å². The molecule has 0 radical (unpaired) electrons. The van der Waals surface area contributed by atoms with Gasteiger partial charge >= 0.3 is 0 Å². The van der Waals surface area contributed by atoms with Crippen molar-refractivity contribution < 1.29 is 17.6 Å². The molecule has 132 valence electrons. The maximum absolute atomic E-state index is 11.0. The van der Waals surface area contributed by atoms with Gasteiger partial charge in [-0.3, -0.25) is 4.99 Å². The Labute approximate surface area is 138 Å². The van der Waals surface area contributed by atoms with Crippen LogP contribution < -0.4 is 10.6 Å². The van der Waals surface area contributed by atoms with Crippen LogP contribution >= 0.6 is 0 Å². The van der Waals surface area contributed by atoms with E-state index in [0.29, 0.717) is 19.1 Å². The first-order chi connectivity index (χ1) is 10.8. The molecule has 1 atom stereocenters. The average Bonchev–Trinajstić information content (AvgIpc) is 2.88. The van der Waals surface area contributed by atoms with E-state index in [1.165, 1.54) is 6.26 Å². The number of hydrogen-bond acceptors (Lipinski definition) is 5. The SMILES string of the molecule is CCNC(=NCCOCCS(C)(=O)=O)NC(C)c1ccc(C)o1. The van der Waals surface area contributed by atoms with Gasteiger partial charge in [0.05, 0.1) is 31.6 Å². The van der Waals surface area contributed by atoms with Crippen molar-refractivity contribution in [3.8, 4) is 0 Å². The Kier molecular flexibility index (Phi) is 8.11. The van der Waals surface area contributed by atoms with Gasteiger partial charge in [0, 0.05) is 12.8 Å². The number of hydrogen-bond donors (Lipinski definition) is 2. The number of aryl methyl sites for hydroxylation is 1. The summed E-state index contributed by atoms with van der Waals surface area (Å²) in [5.41, 5.74) is 0. The van der Waals surface area contributed by atoms with E-state index < -0.39 is 9.84 Å². The molecular weight excluding hydrogens is 318 g/mol. The molecule has 2 N–H and O–H groups in total. The van der Waals surface area contributed by atoms with Gasteiger partial charge < -0.3 is 19.8 Å². The minimum Gasteiger partial charge on any atom is -0.464 e. The zero-order valence-electron chi connectivity index (χ0n) is 14.3. The second-order valence-corrected chi connectivity index (χ2v) is 7.58. The summed E-state index contributed by atoms with van der Waals surface area (Å²) in [6.45, 7) is 7.65. The van der Waals surface area contributed by atoms with Gasteiger partial charge in [-0.2, -0.15) is 0 Å². The third-order valence-corrected chi connectivity index (χ3v) is 3.90. The Balaban J connectivity index is 2.41. The standard InChI is InChI=1S/C15H27N3O4S/c1-5-16-15(17-8-9-21-10-11-23(4,19)20)18-13(3)14-7-6-12(2)22-14/h6-7,13H,5,8-11H2,1-4H3,(H2,16,17,18). The monoisotopic (exact) mass is 345 g/mol. The molecule has 0 amide bonds. The van der Waals surface area contributed by atoms with E-state index in [2.05, 4.69) is 15.6 Å². The topological polar surface area (TPSA) is 92.9 Å². The molecule has 1 rings (SSSR count). The fourth-order valence-electron chi connectivity index (χ4n) is 1.82. The quantitative estimate of drug-likeness (QED) is 0.398. The normalized spacial score (nSPS) is 13.8. The second-order valence-electron chi connectivity index (χ2n) is 5.32. The van der Waals surface area contributed by atoms with Crippen molar-refractivity contribution in [2.24, 2.45) is 4.99 Å². The van der Waals surface area contributed by atoms with E-state index in [0.717, 1.165) is 18.1 Å². The lowest BCUT2D eigenvalue weighted by atomic mass is 10.2. The van der Waals surface area contributed by atoms with E-state index in [1.54, 1.807) is 0 Å². The number of nitrogens with zero attached hydrogens (tertiary/aromatic N) is 1. The van der Waals surface area contributed by atoms with E-state index in [-0.39, 0.29) is 18.4 Å². The summed E-state index contributed by atoms with van der Waals surface area (Å²) >= 11 is 0. The molecule has 0 aliphatic carbocycles. The van der Waals surface area contributed by atoms with Gasteiger partial charge in [-0.05, 0) is 32.9 Å². The average molecular weight is 345 g/mol. The smallest absolute Gasteiger partial charge is 0.191 e. The highest BCUT2D eigenvalue weighted by atomic mass is 32.2. The zero-order chi connectivity index (χ0) is 17.3. The summed E-state index contributed by atoms with van der Waals surface area (Å²) in [6.07, 6.45) is 1.19. The van der Waals surface area contributed by atoms with Crippen LogP contribution in [0, 0.1) is 6.92 Å². The molecule has 8 heteroatoms. The van der Waals surface area contributed by atoms with Crippen molar-refractivity contribution in [1.82, 2.24) is 10.6 Å². The third-order valence-electron chi connectivity index (χ3n) is 2.99. The molecule has 0 aliphatic heterocycles. The summed E-state index contributed by atoms with van der Waals surface area (Å²) in [5, 5.41) is 6.41. The van der Waals surface area contributed by atoms with Crippen molar-refractivity contribution in [3.63, 3.8) is 0 Å². The van der Waals surface area contributed by atoms with Crippen LogP contribution in [0.4, 0.5) is 0 Å². The first kappa shape index (κ1) is 19.5. The van der Waals surface area contributed by atoms with Crippen molar-refractivity contribution in [2.45, 2.75) is 26.8 Å². The molecule has 1 aromatic rings. The number of rotatable bonds is 9. The van der Waals surface area contributed by atoms with Gasteiger partial charge in [-0.1, -0.05) is 0 Å². The van der Waals surface area contributed by atoms with Gasteiger partial charge in [0.2, 0.25) is 0 Å². The number of furan rings is 1. The Morgan fingerprint density at radius 2 is 2.13 bits per heavy atom. The second kappa shape index (κ2) is 9.57. The first-order valence-electron chi connectivity index (χ1n) is 7.68. The molecule has 0 saturated carbocycles. The van der Waals surface area contributed by atoms with Gasteiger partial charge in [0.25, 0.3) is 0 Å². The highest BCUT2D eigenvalue weighted by Crippen LogP contribution is 2.15. The highest BCUT2D eigenvalue weighted by Gasteiger charge is 2.11. The van der Waals surface area contributed by atoms with E-state index in [1.807, 2.05) is 32.9 Å². The Morgan fingerprint density at radius 3 is 2.70 bits per heavy atom.